The van der Waals surface area contributed by atoms with Gasteiger partial charge in [0.25, 0.3) is 0 Å². The monoisotopic (exact) mass is 725 g/mol. The van der Waals surface area contributed by atoms with E-state index in [-0.39, 0.29) is 12.1 Å². The Kier molecular flexibility index (Phi) is 18.2. The van der Waals surface area contributed by atoms with E-state index in [0.29, 0.717) is 23.2 Å². The molecule has 53 heavy (non-hydrogen) atoms. The molecule has 0 radical (unpaired) electrons. The van der Waals surface area contributed by atoms with Gasteiger partial charge in [-0.3, -0.25) is 4.79 Å². The van der Waals surface area contributed by atoms with Crippen molar-refractivity contribution in [2.75, 3.05) is 0 Å². The summed E-state index contributed by atoms with van der Waals surface area (Å²) in [5.74, 6) is 5.82. The van der Waals surface area contributed by atoms with Crippen molar-refractivity contribution < 1.29 is 9.53 Å². The molecule has 2 nitrogen and oxygen atoms in total. The summed E-state index contributed by atoms with van der Waals surface area (Å²) in [7, 11) is 0. The van der Waals surface area contributed by atoms with Crippen molar-refractivity contribution in [3.63, 3.8) is 0 Å². The predicted molar refractivity (Wildman–Crippen MR) is 230 cm³/mol. The maximum Gasteiger partial charge on any atom is 0.306 e. The van der Waals surface area contributed by atoms with Crippen LogP contribution in [0.1, 0.15) is 170 Å². The zero-order valence-electron chi connectivity index (χ0n) is 35.4. The highest BCUT2D eigenvalue weighted by Gasteiger charge is 2.60. The maximum atomic E-state index is 12.9. The number of rotatable bonds is 20. The van der Waals surface area contributed by atoms with Gasteiger partial charge in [-0.2, -0.15) is 0 Å². The molecular weight excluding hydrogens is 645 g/mol. The van der Waals surface area contributed by atoms with Crippen LogP contribution in [0.2, 0.25) is 0 Å². The third kappa shape index (κ3) is 12.3. The van der Waals surface area contributed by atoms with Gasteiger partial charge in [-0.25, -0.2) is 0 Å². The molecule has 8 unspecified atom stereocenters. The SMILES string of the molecule is C/C=C(/CCC(C)C1CCC2C3CCC4C[C@@H](OC(=O)CC/C=C/C/C=C/C/C=C/C/C=C/C/C=C/C/C=C/CC)CCC4(C)C3CCC12C)C(C)C. The van der Waals surface area contributed by atoms with E-state index in [9.17, 15) is 4.79 Å². The molecule has 9 atom stereocenters. The molecule has 4 aliphatic rings. The summed E-state index contributed by atoms with van der Waals surface area (Å²) in [5.41, 5.74) is 2.62. The first-order chi connectivity index (χ1) is 25.6. The molecule has 0 amide bonds. The minimum absolute atomic E-state index is 0.00121. The molecule has 296 valence electrons. The lowest BCUT2D eigenvalue weighted by molar-refractivity contribution is -0.162. The fraction of sp³-hybridized carbons (Fsp3) is 0.706. The van der Waals surface area contributed by atoms with E-state index in [1.165, 1.54) is 57.8 Å². The first-order valence-corrected chi connectivity index (χ1v) is 22.4. The van der Waals surface area contributed by atoms with Crippen LogP contribution in [-0.2, 0) is 9.53 Å². The summed E-state index contributed by atoms with van der Waals surface area (Å²) in [6.07, 6.45) is 51.0. The molecule has 0 saturated heterocycles. The molecule has 0 aromatic carbocycles. The lowest BCUT2D eigenvalue weighted by Crippen LogP contribution is -2.54. The number of fused-ring (bicyclic) bond motifs is 5. The smallest absolute Gasteiger partial charge is 0.306 e. The Hall–Kier alpha value is -2.35. The molecule has 0 N–H and O–H groups in total. The Morgan fingerprint density at radius 2 is 1.25 bits per heavy atom. The van der Waals surface area contributed by atoms with Crippen LogP contribution in [0.4, 0.5) is 0 Å². The van der Waals surface area contributed by atoms with E-state index in [0.717, 1.165) is 93.3 Å². The third-order valence-corrected chi connectivity index (χ3v) is 14.8. The van der Waals surface area contributed by atoms with Gasteiger partial charge >= 0.3 is 5.97 Å². The second kappa shape index (κ2) is 22.3. The first kappa shape index (κ1) is 43.4. The number of hydrogen-bond acceptors (Lipinski definition) is 2. The third-order valence-electron chi connectivity index (χ3n) is 14.8. The van der Waals surface area contributed by atoms with Crippen molar-refractivity contribution in [2.24, 2.45) is 52.3 Å². The molecule has 4 rings (SSSR count). The number of hydrogen-bond donors (Lipinski definition) is 0. The van der Waals surface area contributed by atoms with E-state index in [1.54, 1.807) is 5.57 Å². The molecule has 0 aromatic rings. The van der Waals surface area contributed by atoms with Crippen molar-refractivity contribution in [3.8, 4) is 0 Å². The van der Waals surface area contributed by atoms with Crippen LogP contribution in [0.15, 0.2) is 84.6 Å². The Bertz CT molecular complexity index is 1310. The Morgan fingerprint density at radius 1 is 0.679 bits per heavy atom. The van der Waals surface area contributed by atoms with Crippen molar-refractivity contribution in [1.29, 1.82) is 0 Å². The van der Waals surface area contributed by atoms with Crippen molar-refractivity contribution in [3.05, 3.63) is 84.6 Å². The summed E-state index contributed by atoms with van der Waals surface area (Å²) in [5, 5.41) is 0. The molecule has 4 fully saturated rings. The molecule has 4 aliphatic carbocycles. The second-order valence-corrected chi connectivity index (χ2v) is 18.3. The van der Waals surface area contributed by atoms with E-state index >= 15 is 0 Å². The highest BCUT2D eigenvalue weighted by atomic mass is 16.5. The van der Waals surface area contributed by atoms with Gasteiger partial charge < -0.3 is 4.74 Å². The number of allylic oxidation sites excluding steroid dienone is 14. The average Bonchev–Trinajstić information content (AvgIpc) is 3.50. The fourth-order valence-electron chi connectivity index (χ4n) is 11.7. The van der Waals surface area contributed by atoms with Gasteiger partial charge in [0.2, 0.25) is 0 Å². The van der Waals surface area contributed by atoms with Gasteiger partial charge in [-0.1, -0.05) is 126 Å². The van der Waals surface area contributed by atoms with Gasteiger partial charge in [-0.15, -0.1) is 0 Å². The minimum Gasteiger partial charge on any atom is -0.462 e. The zero-order chi connectivity index (χ0) is 38.1. The molecule has 0 spiro atoms. The molecule has 0 aromatic heterocycles. The molecule has 0 aliphatic heterocycles. The molecule has 4 saturated carbocycles. The van der Waals surface area contributed by atoms with E-state index < -0.39 is 0 Å². The largest absolute Gasteiger partial charge is 0.462 e. The Balaban J connectivity index is 1.11. The predicted octanol–water partition coefficient (Wildman–Crippen LogP) is 15.1. The van der Waals surface area contributed by atoms with E-state index in [4.69, 9.17) is 4.74 Å². The summed E-state index contributed by atoms with van der Waals surface area (Å²) >= 11 is 0. The number of carbonyl (C=O) groups is 1. The zero-order valence-corrected chi connectivity index (χ0v) is 35.4. The highest BCUT2D eigenvalue weighted by Crippen LogP contribution is 2.68. The van der Waals surface area contributed by atoms with E-state index in [1.807, 2.05) is 0 Å². The van der Waals surface area contributed by atoms with Crippen molar-refractivity contribution >= 4 is 5.97 Å². The minimum atomic E-state index is 0.00121. The quantitative estimate of drug-likeness (QED) is 0.0923. The van der Waals surface area contributed by atoms with Gasteiger partial charge in [0, 0.05) is 6.42 Å². The van der Waals surface area contributed by atoms with Crippen LogP contribution in [-0.4, -0.2) is 12.1 Å². The first-order valence-electron chi connectivity index (χ1n) is 22.4. The molecule has 2 heteroatoms. The van der Waals surface area contributed by atoms with Crippen LogP contribution in [0.25, 0.3) is 0 Å². The van der Waals surface area contributed by atoms with Crippen LogP contribution in [0.5, 0.6) is 0 Å². The lowest BCUT2D eigenvalue weighted by atomic mass is 9.44. The standard InChI is InChI=1S/C51H80O2/c1-8-10-11-12-13-14-15-16-17-18-19-20-21-22-23-24-25-26-27-28-49(52)53-44-35-37-50(6)43(39-44)31-32-45-47-34-33-46(51(47,7)38-36-48(45)50)41(5)29-30-42(9-2)40(3)4/h9-11,13-14,16-17,19-20,22-23,25-26,40-41,43-48H,8,12,15,18,21,24,27-39H2,1-7H3/b11-10+,14-13+,17-16+,20-19+,23-22+,26-25+,42-9-/t41?,43?,44-,45?,46?,47?,48?,50?,51?/m0/s1. The van der Waals surface area contributed by atoms with Crippen molar-refractivity contribution in [1.82, 2.24) is 0 Å². The van der Waals surface area contributed by atoms with Crippen LogP contribution in [0, 0.1) is 52.3 Å². The summed E-state index contributed by atoms with van der Waals surface area (Å²) in [6.45, 7) is 17.1. The van der Waals surface area contributed by atoms with Gasteiger partial charge in [0.05, 0.1) is 0 Å². The average molecular weight is 725 g/mol. The second-order valence-electron chi connectivity index (χ2n) is 18.3. The molecule has 0 heterocycles. The van der Waals surface area contributed by atoms with Crippen molar-refractivity contribution in [2.45, 2.75) is 177 Å². The molecular formula is C51H80O2. The summed E-state index contributed by atoms with van der Waals surface area (Å²) < 4.78 is 6.14. The van der Waals surface area contributed by atoms with Gasteiger partial charge in [0.1, 0.15) is 6.10 Å². The normalized spacial score (nSPS) is 32.9. The summed E-state index contributed by atoms with van der Waals surface area (Å²) in [4.78, 5) is 12.9. The highest BCUT2D eigenvalue weighted by molar-refractivity contribution is 5.69. The Labute approximate surface area is 327 Å². The summed E-state index contributed by atoms with van der Waals surface area (Å²) in [6, 6.07) is 0. The van der Waals surface area contributed by atoms with Gasteiger partial charge in [0.15, 0.2) is 0 Å². The van der Waals surface area contributed by atoms with Crippen LogP contribution >= 0.6 is 0 Å². The topological polar surface area (TPSA) is 26.3 Å². The number of esters is 1. The number of ether oxygens (including phenoxy) is 1. The van der Waals surface area contributed by atoms with Crippen LogP contribution < -0.4 is 0 Å². The Morgan fingerprint density at radius 3 is 1.83 bits per heavy atom. The van der Waals surface area contributed by atoms with Crippen LogP contribution in [0.3, 0.4) is 0 Å². The molecule has 0 bridgehead atoms. The van der Waals surface area contributed by atoms with E-state index in [2.05, 4.69) is 127 Å². The maximum absolute atomic E-state index is 12.9. The lowest BCUT2D eigenvalue weighted by Gasteiger charge is -2.61. The number of carbonyl (C=O) groups excluding carboxylic acids is 1. The van der Waals surface area contributed by atoms with Gasteiger partial charge in [-0.05, 0) is 175 Å². The fourth-order valence-corrected chi connectivity index (χ4v) is 11.7.